The summed E-state index contributed by atoms with van der Waals surface area (Å²) in [5.74, 6) is 1.36. The van der Waals surface area contributed by atoms with Gasteiger partial charge in [-0.25, -0.2) is 0 Å². The molecule has 1 saturated heterocycles. The molecule has 1 aliphatic heterocycles. The number of nitrogen functional groups attached to an aromatic ring is 1. The summed E-state index contributed by atoms with van der Waals surface area (Å²) in [7, 11) is 0. The fourth-order valence-corrected chi connectivity index (χ4v) is 2.93. The van der Waals surface area contributed by atoms with E-state index >= 15 is 0 Å². The van der Waals surface area contributed by atoms with E-state index in [4.69, 9.17) is 5.73 Å². The molecule has 1 aromatic heterocycles. The first-order valence-electron chi connectivity index (χ1n) is 5.17. The lowest BCUT2D eigenvalue weighted by Crippen LogP contribution is -2.32. The molecule has 4 heteroatoms. The van der Waals surface area contributed by atoms with Gasteiger partial charge in [-0.15, -0.1) is 0 Å². The van der Waals surface area contributed by atoms with Crippen LogP contribution in [-0.2, 0) is 0 Å². The van der Waals surface area contributed by atoms with Gasteiger partial charge in [0.05, 0.1) is 0 Å². The van der Waals surface area contributed by atoms with Gasteiger partial charge in [0.2, 0.25) is 0 Å². The summed E-state index contributed by atoms with van der Waals surface area (Å²) in [5.41, 5.74) is 5.64. The van der Waals surface area contributed by atoms with Gasteiger partial charge in [-0.3, -0.25) is 0 Å². The molecule has 1 fully saturated rings. The predicted octanol–water partition coefficient (Wildman–Crippen LogP) is 2.35. The van der Waals surface area contributed by atoms with E-state index in [2.05, 4.69) is 23.1 Å². The van der Waals surface area contributed by atoms with Crippen molar-refractivity contribution in [2.75, 3.05) is 17.2 Å². The third-order valence-corrected chi connectivity index (χ3v) is 3.71. The normalized spacial score (nSPS) is 22.2. The number of rotatable bonds is 2. The largest absolute Gasteiger partial charge is 0.383 e. The molecule has 0 amide bonds. The summed E-state index contributed by atoms with van der Waals surface area (Å²) in [5, 5.41) is 1.23. The van der Waals surface area contributed by atoms with E-state index in [0.29, 0.717) is 17.8 Å². The summed E-state index contributed by atoms with van der Waals surface area (Å²) in [6.07, 6.45) is 2.59. The van der Waals surface area contributed by atoms with Crippen molar-refractivity contribution in [3.63, 3.8) is 0 Å². The molecule has 0 aliphatic carbocycles. The maximum atomic E-state index is 5.64. The Morgan fingerprint density at radius 1 is 1.64 bits per heavy atom. The summed E-state index contributed by atoms with van der Waals surface area (Å²) < 4.78 is 4.13. The summed E-state index contributed by atoms with van der Waals surface area (Å²) in [6.45, 7) is 5.73. The van der Waals surface area contributed by atoms with Crippen molar-refractivity contribution < 1.29 is 0 Å². The van der Waals surface area contributed by atoms with Gasteiger partial charge in [0.25, 0.3) is 0 Å². The zero-order valence-electron chi connectivity index (χ0n) is 8.73. The number of hydrogen-bond acceptors (Lipinski definition) is 4. The molecule has 0 bridgehead atoms. The SMILES string of the molecule is CC(C)C1CCCN1c1cc(N)ns1. The van der Waals surface area contributed by atoms with Gasteiger partial charge in [0, 0.05) is 18.7 Å². The monoisotopic (exact) mass is 211 g/mol. The van der Waals surface area contributed by atoms with E-state index in [0.717, 1.165) is 6.54 Å². The van der Waals surface area contributed by atoms with Gasteiger partial charge in [-0.05, 0) is 30.3 Å². The third kappa shape index (κ3) is 1.71. The van der Waals surface area contributed by atoms with Crippen molar-refractivity contribution in [2.45, 2.75) is 32.7 Å². The molecule has 14 heavy (non-hydrogen) atoms. The third-order valence-electron chi connectivity index (χ3n) is 2.87. The van der Waals surface area contributed by atoms with Gasteiger partial charge in [0.1, 0.15) is 10.8 Å². The highest BCUT2D eigenvalue weighted by Gasteiger charge is 2.28. The van der Waals surface area contributed by atoms with Crippen LogP contribution in [0, 0.1) is 5.92 Å². The van der Waals surface area contributed by atoms with Crippen LogP contribution in [0.3, 0.4) is 0 Å². The molecule has 78 valence electrons. The second kappa shape index (κ2) is 3.77. The molecule has 1 aromatic rings. The van der Waals surface area contributed by atoms with Crippen molar-refractivity contribution in [3.8, 4) is 0 Å². The molecule has 2 N–H and O–H groups in total. The predicted molar refractivity (Wildman–Crippen MR) is 61.7 cm³/mol. The molecule has 2 rings (SSSR count). The van der Waals surface area contributed by atoms with Gasteiger partial charge in [0.15, 0.2) is 0 Å². The van der Waals surface area contributed by atoms with Crippen molar-refractivity contribution in [2.24, 2.45) is 5.92 Å². The molecule has 0 radical (unpaired) electrons. The molecule has 0 saturated carbocycles. The molecule has 2 heterocycles. The highest BCUT2D eigenvalue weighted by atomic mass is 32.1. The Morgan fingerprint density at radius 2 is 2.43 bits per heavy atom. The summed E-state index contributed by atoms with van der Waals surface area (Å²) in [4.78, 5) is 2.46. The van der Waals surface area contributed by atoms with E-state index in [9.17, 15) is 0 Å². The fraction of sp³-hybridized carbons (Fsp3) is 0.700. The maximum Gasteiger partial charge on any atom is 0.139 e. The molecule has 0 aromatic carbocycles. The average Bonchev–Trinajstić information content (AvgIpc) is 2.70. The maximum absolute atomic E-state index is 5.64. The minimum Gasteiger partial charge on any atom is -0.383 e. The summed E-state index contributed by atoms with van der Waals surface area (Å²) in [6, 6.07) is 2.67. The molecule has 1 aliphatic rings. The van der Waals surface area contributed by atoms with Crippen LogP contribution in [0.4, 0.5) is 10.8 Å². The molecule has 1 unspecified atom stereocenters. The van der Waals surface area contributed by atoms with Gasteiger partial charge >= 0.3 is 0 Å². The number of aromatic nitrogens is 1. The first-order chi connectivity index (χ1) is 6.68. The lowest BCUT2D eigenvalue weighted by Gasteiger charge is -2.27. The van der Waals surface area contributed by atoms with Crippen LogP contribution in [0.1, 0.15) is 26.7 Å². The average molecular weight is 211 g/mol. The second-order valence-corrected chi connectivity index (χ2v) is 5.02. The van der Waals surface area contributed by atoms with Crippen LogP contribution in [0.5, 0.6) is 0 Å². The fourth-order valence-electron chi connectivity index (χ4n) is 2.17. The Kier molecular flexibility index (Phi) is 2.63. The van der Waals surface area contributed by atoms with Gasteiger partial charge in [-0.1, -0.05) is 13.8 Å². The van der Waals surface area contributed by atoms with E-state index in [1.54, 1.807) is 0 Å². The van der Waals surface area contributed by atoms with Gasteiger partial charge < -0.3 is 10.6 Å². The Balaban J connectivity index is 2.17. The Morgan fingerprint density at radius 3 is 3.00 bits per heavy atom. The van der Waals surface area contributed by atoms with E-state index in [-0.39, 0.29) is 0 Å². The van der Waals surface area contributed by atoms with Crippen LogP contribution >= 0.6 is 11.5 Å². The minimum absolute atomic E-state index is 0.652. The molecule has 1 atom stereocenters. The van der Waals surface area contributed by atoms with Crippen LogP contribution < -0.4 is 10.6 Å². The van der Waals surface area contributed by atoms with Crippen molar-refractivity contribution in [1.29, 1.82) is 0 Å². The van der Waals surface area contributed by atoms with E-state index in [1.807, 2.05) is 6.07 Å². The molecule has 0 spiro atoms. The van der Waals surface area contributed by atoms with Crippen LogP contribution in [0.15, 0.2) is 6.07 Å². The van der Waals surface area contributed by atoms with E-state index < -0.39 is 0 Å². The minimum atomic E-state index is 0.652. The van der Waals surface area contributed by atoms with Crippen molar-refractivity contribution >= 4 is 22.4 Å². The first-order valence-corrected chi connectivity index (χ1v) is 5.94. The summed E-state index contributed by atoms with van der Waals surface area (Å²) >= 11 is 1.52. The van der Waals surface area contributed by atoms with Crippen LogP contribution in [0.25, 0.3) is 0 Å². The number of hydrogen-bond donors (Lipinski definition) is 1. The number of anilines is 2. The van der Waals surface area contributed by atoms with Crippen molar-refractivity contribution in [3.05, 3.63) is 6.07 Å². The lowest BCUT2D eigenvalue weighted by atomic mass is 10.0. The lowest BCUT2D eigenvalue weighted by molar-refractivity contribution is 0.493. The molecular formula is C10H17N3S. The number of nitrogens with zero attached hydrogens (tertiary/aromatic N) is 2. The van der Waals surface area contributed by atoms with E-state index in [1.165, 1.54) is 29.4 Å². The topological polar surface area (TPSA) is 42.1 Å². The highest BCUT2D eigenvalue weighted by Crippen LogP contribution is 2.33. The first kappa shape index (κ1) is 9.77. The standard InChI is InChI=1S/C10H17N3S/c1-7(2)8-4-3-5-13(8)10-6-9(11)12-14-10/h6-8H,3-5H2,1-2H3,(H2,11,12). The zero-order chi connectivity index (χ0) is 10.1. The Bertz CT molecular complexity index is 308. The Labute approximate surface area is 89.1 Å². The molecule has 3 nitrogen and oxygen atoms in total. The van der Waals surface area contributed by atoms with Crippen LogP contribution in [0.2, 0.25) is 0 Å². The number of nitrogens with two attached hydrogens (primary N) is 1. The quantitative estimate of drug-likeness (QED) is 0.816. The van der Waals surface area contributed by atoms with Crippen LogP contribution in [-0.4, -0.2) is 17.0 Å². The Hall–Kier alpha value is -0.770. The van der Waals surface area contributed by atoms with Crippen molar-refractivity contribution in [1.82, 2.24) is 4.37 Å². The highest BCUT2D eigenvalue weighted by molar-refractivity contribution is 7.10. The van der Waals surface area contributed by atoms with Gasteiger partial charge in [-0.2, -0.15) is 4.37 Å². The molecular weight excluding hydrogens is 194 g/mol. The smallest absolute Gasteiger partial charge is 0.139 e. The zero-order valence-corrected chi connectivity index (χ0v) is 9.55. The second-order valence-electron chi connectivity index (χ2n) is 4.24.